The van der Waals surface area contributed by atoms with E-state index in [1.165, 1.54) is 23.7 Å². The fourth-order valence-electron chi connectivity index (χ4n) is 3.01. The molecule has 0 unspecified atom stereocenters. The Labute approximate surface area is 194 Å². The number of hydrogen-bond donors (Lipinski definition) is 1. The van der Waals surface area contributed by atoms with Crippen LogP contribution in [0.15, 0.2) is 75.4 Å². The molecule has 0 aliphatic carbocycles. The van der Waals surface area contributed by atoms with Crippen molar-refractivity contribution < 1.29 is 4.74 Å². The summed E-state index contributed by atoms with van der Waals surface area (Å²) in [6, 6.07) is 18.4. The summed E-state index contributed by atoms with van der Waals surface area (Å²) in [5.74, 6) is 0.594. The summed E-state index contributed by atoms with van der Waals surface area (Å²) in [5.41, 5.74) is 1.38. The zero-order chi connectivity index (χ0) is 23.8. The smallest absolute Gasteiger partial charge is 0.333 e. The number of aromatic nitrogens is 2. The molecule has 2 heterocycles. The predicted octanol–water partition coefficient (Wildman–Crippen LogP) is 4.87. The van der Waals surface area contributed by atoms with E-state index in [1.807, 2.05) is 44.2 Å². The lowest BCUT2D eigenvalue weighted by Gasteiger charge is -2.04. The van der Waals surface area contributed by atoms with E-state index in [2.05, 4.69) is 16.0 Å². The van der Waals surface area contributed by atoms with Crippen LogP contribution in [-0.4, -0.2) is 22.9 Å². The number of ether oxygens (including phenoxy) is 1. The van der Waals surface area contributed by atoms with E-state index in [9.17, 15) is 14.9 Å². The molecule has 0 amide bonds. The minimum absolute atomic E-state index is 0.373. The van der Waals surface area contributed by atoms with Gasteiger partial charge < -0.3 is 9.72 Å². The Morgan fingerprint density at radius 3 is 2.58 bits per heavy atom. The topological polar surface area (TPSA) is 100 Å². The van der Waals surface area contributed by atoms with Crippen LogP contribution in [0.2, 0.25) is 0 Å². The molecule has 2 aromatic carbocycles. The molecule has 4 rings (SSSR count). The monoisotopic (exact) mass is 458 g/mol. The number of rotatable bonds is 5. The largest absolute Gasteiger partial charge is 0.497 e. The Morgan fingerprint density at radius 1 is 1.12 bits per heavy atom. The van der Waals surface area contributed by atoms with Crippen molar-refractivity contribution in [3.05, 3.63) is 92.8 Å². The van der Waals surface area contributed by atoms with E-state index >= 15 is 0 Å². The summed E-state index contributed by atoms with van der Waals surface area (Å²) in [6.45, 7) is 4.00. The molecule has 0 saturated carbocycles. The van der Waals surface area contributed by atoms with Gasteiger partial charge in [-0.2, -0.15) is 5.26 Å². The Bertz CT molecular complexity index is 1470. The summed E-state index contributed by atoms with van der Waals surface area (Å²) in [6.07, 6.45) is 4.34. The summed E-state index contributed by atoms with van der Waals surface area (Å²) in [4.78, 5) is 32.8. The molecule has 8 heteroatoms. The van der Waals surface area contributed by atoms with Gasteiger partial charge in [-0.1, -0.05) is 44.2 Å². The first-order chi connectivity index (χ1) is 16.1. The molecule has 1 N–H and O–H groups in total. The van der Waals surface area contributed by atoms with E-state index in [4.69, 9.17) is 4.74 Å². The molecule has 2 aromatic heterocycles. The quantitative estimate of drug-likeness (QED) is 0.431. The van der Waals surface area contributed by atoms with Gasteiger partial charge in [-0.05, 0) is 29.8 Å². The highest BCUT2D eigenvalue weighted by Gasteiger charge is 2.14. The van der Waals surface area contributed by atoms with Gasteiger partial charge in [0.1, 0.15) is 10.4 Å². The first kappa shape index (κ1) is 23.4. The maximum Gasteiger partial charge on any atom is 0.333 e. The number of fused-ring (bicyclic) bond motifs is 1. The Morgan fingerprint density at radius 2 is 1.88 bits per heavy atom. The zero-order valence-corrected chi connectivity index (χ0v) is 19.2. The number of aliphatic imine (C=N–C) groups is 1. The van der Waals surface area contributed by atoms with E-state index in [1.54, 1.807) is 37.6 Å². The lowest BCUT2D eigenvalue weighted by Crippen LogP contribution is -2.30. The number of aromatic amines is 1. The molecule has 0 atom stereocenters. The molecule has 0 aliphatic heterocycles. The second-order valence-corrected chi connectivity index (χ2v) is 7.52. The summed E-state index contributed by atoms with van der Waals surface area (Å²) < 4.78 is 6.59. The van der Waals surface area contributed by atoms with Crippen molar-refractivity contribution in [3.63, 3.8) is 0 Å². The lowest BCUT2D eigenvalue weighted by molar-refractivity contribution is 0.415. The van der Waals surface area contributed by atoms with Gasteiger partial charge in [0.05, 0.1) is 24.3 Å². The highest BCUT2D eigenvalue weighted by molar-refractivity contribution is 7.22. The minimum Gasteiger partial charge on any atom is -0.497 e. The van der Waals surface area contributed by atoms with Gasteiger partial charge in [-0.25, -0.2) is 9.36 Å². The van der Waals surface area contributed by atoms with Gasteiger partial charge >= 0.3 is 5.69 Å². The van der Waals surface area contributed by atoms with Crippen molar-refractivity contribution in [3.8, 4) is 22.3 Å². The molecule has 0 saturated heterocycles. The number of methoxy groups -OCH3 is 1. The number of hydrogen-bond acceptors (Lipinski definition) is 6. The molecule has 0 fully saturated rings. The van der Waals surface area contributed by atoms with Crippen LogP contribution >= 0.6 is 11.3 Å². The van der Waals surface area contributed by atoms with E-state index < -0.39 is 11.2 Å². The van der Waals surface area contributed by atoms with E-state index in [0.717, 1.165) is 10.1 Å². The third-order valence-corrected chi connectivity index (χ3v) is 5.70. The maximum absolute atomic E-state index is 12.9. The highest BCUT2D eigenvalue weighted by atomic mass is 32.1. The first-order valence-electron chi connectivity index (χ1n) is 10.2. The normalized spacial score (nSPS) is 10.8. The number of H-pyrrole nitrogens is 1. The number of thiophene rings is 1. The maximum atomic E-state index is 12.9. The van der Waals surface area contributed by atoms with Crippen molar-refractivity contribution in [2.75, 3.05) is 7.11 Å². The molecule has 0 spiro atoms. The third kappa shape index (κ3) is 5.17. The van der Waals surface area contributed by atoms with Gasteiger partial charge in [0.2, 0.25) is 0 Å². The van der Waals surface area contributed by atoms with Crippen molar-refractivity contribution in [1.29, 1.82) is 5.26 Å². The fraction of sp³-hybridized carbons (Fsp3) is 0.120. The second-order valence-electron chi connectivity index (χ2n) is 6.47. The molecule has 33 heavy (non-hydrogen) atoms. The van der Waals surface area contributed by atoms with Gasteiger partial charge in [0, 0.05) is 29.1 Å². The average molecular weight is 459 g/mol. The molecule has 0 aliphatic rings. The van der Waals surface area contributed by atoms with Gasteiger partial charge in [-0.15, -0.1) is 11.3 Å². The molecule has 0 bridgehead atoms. The zero-order valence-electron chi connectivity index (χ0n) is 18.4. The Balaban J connectivity index is 0.00000149. The van der Waals surface area contributed by atoms with E-state index in [-0.39, 0.29) is 0 Å². The SMILES string of the molecule is CC.COc1ccc(C#N)c(-c2cc3[nH]c(=O)n(/C=C/N=Cc4ccccc4)c(=O)c3s2)c1. The van der Waals surface area contributed by atoms with Crippen molar-refractivity contribution >= 4 is 34.0 Å². The second kappa shape index (κ2) is 10.9. The molecule has 0 radical (unpaired) electrons. The van der Waals surface area contributed by atoms with Crippen molar-refractivity contribution in [2.24, 2.45) is 4.99 Å². The van der Waals surface area contributed by atoms with Crippen LogP contribution in [0.25, 0.3) is 26.9 Å². The van der Waals surface area contributed by atoms with Crippen LogP contribution in [0.1, 0.15) is 25.0 Å². The van der Waals surface area contributed by atoms with Crippen LogP contribution in [0.3, 0.4) is 0 Å². The predicted molar refractivity (Wildman–Crippen MR) is 134 cm³/mol. The fourth-order valence-corrected chi connectivity index (χ4v) is 4.09. The first-order valence-corrected chi connectivity index (χ1v) is 11.0. The average Bonchev–Trinajstić information content (AvgIpc) is 3.29. The van der Waals surface area contributed by atoms with Crippen LogP contribution in [0.4, 0.5) is 0 Å². The van der Waals surface area contributed by atoms with Crippen LogP contribution in [0.5, 0.6) is 5.75 Å². The highest BCUT2D eigenvalue weighted by Crippen LogP contribution is 2.34. The Hall–Kier alpha value is -4.22. The number of nitriles is 1. The van der Waals surface area contributed by atoms with Gasteiger partial charge in [-0.3, -0.25) is 9.79 Å². The molecule has 7 nitrogen and oxygen atoms in total. The standard InChI is InChI=1S/C23H16N4O3S.C2H6/c1-30-17-8-7-16(13-24)18(11-17)20-12-19-21(31-20)22(28)27(23(29)26-19)10-9-25-14-15-5-3-2-4-6-15;1-2/h2-12,14H,1H3,(H,26,29);1-2H3/b10-9+,25-14?;. The molecule has 166 valence electrons. The Kier molecular flexibility index (Phi) is 7.73. The van der Waals surface area contributed by atoms with Crippen molar-refractivity contribution in [1.82, 2.24) is 9.55 Å². The van der Waals surface area contributed by atoms with Crippen LogP contribution in [0, 0.1) is 11.3 Å². The number of benzene rings is 2. The molecular weight excluding hydrogens is 436 g/mol. The van der Waals surface area contributed by atoms with Crippen LogP contribution < -0.4 is 16.0 Å². The van der Waals surface area contributed by atoms with Gasteiger partial charge in [0.15, 0.2) is 0 Å². The van der Waals surface area contributed by atoms with E-state index in [0.29, 0.717) is 32.0 Å². The van der Waals surface area contributed by atoms with Crippen molar-refractivity contribution in [2.45, 2.75) is 13.8 Å². The number of nitrogens with one attached hydrogen (secondary N) is 1. The molecular formula is C25H22N4O3S. The minimum atomic E-state index is -0.570. The number of nitrogens with zero attached hydrogens (tertiary/aromatic N) is 3. The third-order valence-electron chi connectivity index (χ3n) is 4.54. The van der Waals surface area contributed by atoms with Gasteiger partial charge in [0.25, 0.3) is 5.56 Å². The summed E-state index contributed by atoms with van der Waals surface area (Å²) >= 11 is 1.20. The summed E-state index contributed by atoms with van der Waals surface area (Å²) in [5, 5.41) is 9.43. The summed E-state index contributed by atoms with van der Waals surface area (Å²) in [7, 11) is 1.54. The van der Waals surface area contributed by atoms with Crippen LogP contribution in [-0.2, 0) is 0 Å². The lowest BCUT2D eigenvalue weighted by atomic mass is 10.1. The molecule has 4 aromatic rings.